The number of amides is 1. The van der Waals surface area contributed by atoms with Gasteiger partial charge in [0.1, 0.15) is 0 Å². The zero-order valence-corrected chi connectivity index (χ0v) is 13.9. The summed E-state index contributed by atoms with van der Waals surface area (Å²) in [5, 5.41) is 3.72. The fraction of sp³-hybridized carbons (Fsp3) is 0.333. The highest BCUT2D eigenvalue weighted by atomic mass is 35.5. The smallest absolute Gasteiger partial charge is 0.227 e. The number of anilines is 2. The van der Waals surface area contributed by atoms with E-state index in [1.807, 2.05) is 31.2 Å². The summed E-state index contributed by atoms with van der Waals surface area (Å²) < 4.78 is 0. The Hall–Kier alpha value is -2.07. The van der Waals surface area contributed by atoms with Gasteiger partial charge in [-0.2, -0.15) is 0 Å². The zero-order chi connectivity index (χ0) is 16.2. The first-order valence-electron chi connectivity index (χ1n) is 7.85. The maximum atomic E-state index is 12.5. The van der Waals surface area contributed by atoms with Crippen molar-refractivity contribution in [3.8, 4) is 0 Å². The number of benzene rings is 1. The summed E-state index contributed by atoms with van der Waals surface area (Å²) in [6.07, 6.45) is 5.33. The first kappa shape index (κ1) is 15.8. The molecular weight excluding hydrogens is 310 g/mol. The van der Waals surface area contributed by atoms with Crippen LogP contribution >= 0.6 is 11.6 Å². The molecule has 2 heterocycles. The number of hydrogen-bond donors (Lipinski definition) is 1. The highest BCUT2D eigenvalue weighted by Gasteiger charge is 2.25. The third kappa shape index (κ3) is 3.82. The van der Waals surface area contributed by atoms with Crippen molar-refractivity contribution in [3.05, 3.63) is 53.3 Å². The van der Waals surface area contributed by atoms with Crippen LogP contribution in [-0.2, 0) is 4.79 Å². The highest BCUT2D eigenvalue weighted by Crippen LogP contribution is 2.25. The van der Waals surface area contributed by atoms with Gasteiger partial charge in [-0.15, -0.1) is 0 Å². The predicted octanol–water partition coefficient (Wildman–Crippen LogP) is 3.90. The lowest BCUT2D eigenvalue weighted by atomic mass is 9.95. The maximum Gasteiger partial charge on any atom is 0.227 e. The fourth-order valence-electron chi connectivity index (χ4n) is 2.96. The molecule has 1 N–H and O–H groups in total. The largest absolute Gasteiger partial charge is 0.371 e. The maximum absolute atomic E-state index is 12.5. The molecule has 2 aromatic rings. The molecule has 0 spiro atoms. The van der Waals surface area contributed by atoms with Gasteiger partial charge in [-0.25, -0.2) is 0 Å². The van der Waals surface area contributed by atoms with Gasteiger partial charge in [0.05, 0.1) is 0 Å². The zero-order valence-electron chi connectivity index (χ0n) is 13.1. The van der Waals surface area contributed by atoms with Crippen molar-refractivity contribution in [1.29, 1.82) is 0 Å². The van der Waals surface area contributed by atoms with Crippen LogP contribution in [0.3, 0.4) is 0 Å². The minimum Gasteiger partial charge on any atom is -0.371 e. The number of pyridine rings is 1. The van der Waals surface area contributed by atoms with Gasteiger partial charge >= 0.3 is 0 Å². The summed E-state index contributed by atoms with van der Waals surface area (Å²) >= 11 is 5.95. The van der Waals surface area contributed by atoms with Gasteiger partial charge in [0, 0.05) is 47.8 Å². The van der Waals surface area contributed by atoms with Gasteiger partial charge < -0.3 is 10.2 Å². The van der Waals surface area contributed by atoms with Crippen LogP contribution in [0.2, 0.25) is 5.02 Å². The summed E-state index contributed by atoms with van der Waals surface area (Å²) in [5.41, 5.74) is 3.00. The van der Waals surface area contributed by atoms with Crippen LogP contribution < -0.4 is 10.2 Å². The third-order valence-electron chi connectivity index (χ3n) is 4.34. The van der Waals surface area contributed by atoms with Gasteiger partial charge in [-0.1, -0.05) is 11.6 Å². The molecular formula is C18H20ClN3O. The standard InChI is InChI=1S/C18H20ClN3O/c1-13-12-15(19)2-3-17(13)21-18(23)14-6-10-22(11-7-14)16-4-8-20-9-5-16/h2-5,8-9,12,14H,6-7,10-11H2,1H3,(H,21,23). The monoisotopic (exact) mass is 329 g/mol. The van der Waals surface area contributed by atoms with Crippen LogP contribution in [0.5, 0.6) is 0 Å². The third-order valence-corrected chi connectivity index (χ3v) is 4.58. The van der Waals surface area contributed by atoms with Crippen molar-refractivity contribution in [3.63, 3.8) is 0 Å². The Bertz CT molecular complexity index is 682. The van der Waals surface area contributed by atoms with Crippen LogP contribution in [0.25, 0.3) is 0 Å². The van der Waals surface area contributed by atoms with E-state index >= 15 is 0 Å². The number of carbonyl (C=O) groups excluding carboxylic acids is 1. The molecule has 1 fully saturated rings. The number of nitrogens with zero attached hydrogens (tertiary/aromatic N) is 2. The van der Waals surface area contributed by atoms with Crippen molar-refractivity contribution in [2.75, 3.05) is 23.3 Å². The lowest BCUT2D eigenvalue weighted by Gasteiger charge is -2.33. The molecule has 0 unspecified atom stereocenters. The molecule has 4 nitrogen and oxygen atoms in total. The predicted molar refractivity (Wildman–Crippen MR) is 94.0 cm³/mol. The molecule has 0 radical (unpaired) electrons. The molecule has 1 saturated heterocycles. The lowest BCUT2D eigenvalue weighted by Crippen LogP contribution is -2.38. The van der Waals surface area contributed by atoms with Crippen LogP contribution in [-0.4, -0.2) is 24.0 Å². The number of hydrogen-bond acceptors (Lipinski definition) is 3. The average molecular weight is 330 g/mol. The minimum atomic E-state index is 0.0585. The molecule has 1 aromatic carbocycles. The Morgan fingerprint density at radius 3 is 2.57 bits per heavy atom. The van der Waals surface area contributed by atoms with Crippen LogP contribution in [0.1, 0.15) is 18.4 Å². The van der Waals surface area contributed by atoms with Gasteiger partial charge in [0.25, 0.3) is 0 Å². The quantitative estimate of drug-likeness (QED) is 0.929. The molecule has 0 bridgehead atoms. The average Bonchev–Trinajstić information content (AvgIpc) is 2.58. The van der Waals surface area contributed by atoms with E-state index in [-0.39, 0.29) is 11.8 Å². The van der Waals surface area contributed by atoms with E-state index in [0.717, 1.165) is 37.2 Å². The van der Waals surface area contributed by atoms with E-state index in [0.29, 0.717) is 5.02 Å². The molecule has 1 aromatic heterocycles. The van der Waals surface area contributed by atoms with Crippen molar-refractivity contribution < 1.29 is 4.79 Å². The molecule has 1 amide bonds. The minimum absolute atomic E-state index is 0.0585. The van der Waals surface area contributed by atoms with E-state index in [4.69, 9.17) is 11.6 Å². The number of aromatic nitrogens is 1. The fourth-order valence-corrected chi connectivity index (χ4v) is 3.18. The summed E-state index contributed by atoms with van der Waals surface area (Å²) in [4.78, 5) is 18.8. The van der Waals surface area contributed by atoms with Crippen molar-refractivity contribution in [1.82, 2.24) is 4.98 Å². The molecule has 0 atom stereocenters. The second-order valence-electron chi connectivity index (χ2n) is 5.92. The SMILES string of the molecule is Cc1cc(Cl)ccc1NC(=O)C1CCN(c2ccncc2)CC1. The summed E-state index contributed by atoms with van der Waals surface area (Å²) in [6.45, 7) is 3.73. The second-order valence-corrected chi connectivity index (χ2v) is 6.35. The number of rotatable bonds is 3. The summed E-state index contributed by atoms with van der Waals surface area (Å²) in [7, 11) is 0. The van der Waals surface area contributed by atoms with E-state index in [1.54, 1.807) is 18.5 Å². The first-order valence-corrected chi connectivity index (χ1v) is 8.23. The Morgan fingerprint density at radius 1 is 1.22 bits per heavy atom. The second kappa shape index (κ2) is 7.01. The van der Waals surface area contributed by atoms with Crippen LogP contribution in [0, 0.1) is 12.8 Å². The summed E-state index contributed by atoms with van der Waals surface area (Å²) in [6, 6.07) is 9.55. The Kier molecular flexibility index (Phi) is 4.82. The molecule has 5 heteroatoms. The van der Waals surface area contributed by atoms with Crippen molar-refractivity contribution in [2.45, 2.75) is 19.8 Å². The van der Waals surface area contributed by atoms with Crippen molar-refractivity contribution >= 4 is 28.9 Å². The summed E-state index contributed by atoms with van der Waals surface area (Å²) in [5.74, 6) is 0.160. The number of nitrogens with one attached hydrogen (secondary N) is 1. The number of carbonyl (C=O) groups is 1. The van der Waals surface area contributed by atoms with E-state index < -0.39 is 0 Å². The van der Waals surface area contributed by atoms with Crippen molar-refractivity contribution in [2.24, 2.45) is 5.92 Å². The molecule has 23 heavy (non-hydrogen) atoms. The Balaban J connectivity index is 1.58. The van der Waals surface area contributed by atoms with Gasteiger partial charge in [0.15, 0.2) is 0 Å². The molecule has 1 aliphatic heterocycles. The Labute approximate surface area is 141 Å². The van der Waals surface area contributed by atoms with Crippen LogP contribution in [0.15, 0.2) is 42.7 Å². The Morgan fingerprint density at radius 2 is 1.91 bits per heavy atom. The van der Waals surface area contributed by atoms with E-state index in [1.165, 1.54) is 5.69 Å². The highest BCUT2D eigenvalue weighted by molar-refractivity contribution is 6.30. The van der Waals surface area contributed by atoms with E-state index in [9.17, 15) is 4.79 Å². The number of aryl methyl sites for hydroxylation is 1. The molecule has 1 aliphatic rings. The molecule has 3 rings (SSSR count). The van der Waals surface area contributed by atoms with Gasteiger partial charge in [-0.3, -0.25) is 9.78 Å². The van der Waals surface area contributed by atoms with E-state index in [2.05, 4.69) is 15.2 Å². The van der Waals surface area contributed by atoms with Gasteiger partial charge in [-0.05, 0) is 55.7 Å². The molecule has 0 aliphatic carbocycles. The number of piperidine rings is 1. The lowest BCUT2D eigenvalue weighted by molar-refractivity contribution is -0.120. The number of halogens is 1. The van der Waals surface area contributed by atoms with Crippen LogP contribution in [0.4, 0.5) is 11.4 Å². The van der Waals surface area contributed by atoms with Gasteiger partial charge in [0.2, 0.25) is 5.91 Å². The molecule has 120 valence electrons. The molecule has 0 saturated carbocycles. The first-order chi connectivity index (χ1) is 11.1. The normalized spacial score (nSPS) is 15.5. The topological polar surface area (TPSA) is 45.2 Å².